The first-order valence-corrected chi connectivity index (χ1v) is 4.94. The molecule has 0 bridgehead atoms. The Bertz CT molecular complexity index is 349. The topological polar surface area (TPSA) is 20.2 Å². The lowest BCUT2D eigenvalue weighted by atomic mass is 9.94. The van der Waals surface area contributed by atoms with Gasteiger partial charge < -0.3 is 5.11 Å². The van der Waals surface area contributed by atoms with Crippen LogP contribution in [0.15, 0.2) is 35.9 Å². The van der Waals surface area contributed by atoms with Gasteiger partial charge >= 0.3 is 0 Å². The quantitative estimate of drug-likeness (QED) is 0.741. The molecule has 0 saturated carbocycles. The van der Waals surface area contributed by atoms with Crippen molar-refractivity contribution in [2.24, 2.45) is 0 Å². The van der Waals surface area contributed by atoms with Gasteiger partial charge in [-0.3, -0.25) is 0 Å². The normalized spacial score (nSPS) is 14.6. The molecule has 0 fully saturated rings. The van der Waals surface area contributed by atoms with Crippen LogP contribution in [0.5, 0.6) is 0 Å². The van der Waals surface area contributed by atoms with Crippen molar-refractivity contribution in [3.05, 3.63) is 46.5 Å². The SMILES string of the molecule is CC(C)=CC(C)(O)c1cccc(Cl)c1. The number of rotatable bonds is 2. The highest BCUT2D eigenvalue weighted by molar-refractivity contribution is 6.30. The van der Waals surface area contributed by atoms with Crippen molar-refractivity contribution in [1.29, 1.82) is 0 Å². The number of aliphatic hydroxyl groups is 1. The highest BCUT2D eigenvalue weighted by atomic mass is 35.5. The first-order valence-electron chi connectivity index (χ1n) is 4.56. The van der Waals surface area contributed by atoms with E-state index in [1.54, 1.807) is 19.1 Å². The van der Waals surface area contributed by atoms with Gasteiger partial charge in [-0.1, -0.05) is 35.4 Å². The highest BCUT2D eigenvalue weighted by Crippen LogP contribution is 2.25. The zero-order valence-corrected chi connectivity index (χ0v) is 9.47. The molecule has 0 radical (unpaired) electrons. The number of allylic oxidation sites excluding steroid dienone is 1. The van der Waals surface area contributed by atoms with Crippen LogP contribution in [0.4, 0.5) is 0 Å². The number of hydrogen-bond donors (Lipinski definition) is 1. The molecule has 0 spiro atoms. The molecule has 1 aromatic carbocycles. The zero-order valence-electron chi connectivity index (χ0n) is 8.71. The van der Waals surface area contributed by atoms with E-state index >= 15 is 0 Å². The van der Waals surface area contributed by atoms with Crippen molar-refractivity contribution in [1.82, 2.24) is 0 Å². The molecule has 0 amide bonds. The maximum atomic E-state index is 10.1. The first kappa shape index (κ1) is 11.3. The van der Waals surface area contributed by atoms with Crippen LogP contribution in [-0.4, -0.2) is 5.11 Å². The molecule has 0 aliphatic carbocycles. The molecule has 1 aromatic rings. The van der Waals surface area contributed by atoms with Gasteiger partial charge in [-0.15, -0.1) is 0 Å². The smallest absolute Gasteiger partial charge is 0.105 e. The van der Waals surface area contributed by atoms with Crippen LogP contribution in [0.1, 0.15) is 26.3 Å². The first-order chi connectivity index (χ1) is 6.42. The van der Waals surface area contributed by atoms with Crippen LogP contribution in [0.25, 0.3) is 0 Å². The summed E-state index contributed by atoms with van der Waals surface area (Å²) in [7, 11) is 0. The average Bonchev–Trinajstić information content (AvgIpc) is 2.01. The van der Waals surface area contributed by atoms with Gasteiger partial charge in [-0.2, -0.15) is 0 Å². The Morgan fingerprint density at radius 3 is 2.57 bits per heavy atom. The minimum absolute atomic E-state index is 0.643. The fraction of sp³-hybridized carbons (Fsp3) is 0.333. The number of benzene rings is 1. The fourth-order valence-corrected chi connectivity index (χ4v) is 1.64. The largest absolute Gasteiger partial charge is 0.381 e. The number of halogens is 1. The van der Waals surface area contributed by atoms with Crippen molar-refractivity contribution in [3.8, 4) is 0 Å². The van der Waals surface area contributed by atoms with Gasteiger partial charge in [0, 0.05) is 5.02 Å². The van der Waals surface area contributed by atoms with E-state index in [4.69, 9.17) is 11.6 Å². The number of hydrogen-bond acceptors (Lipinski definition) is 1. The molecule has 1 nitrogen and oxygen atoms in total. The summed E-state index contributed by atoms with van der Waals surface area (Å²) in [6.07, 6.45) is 1.82. The molecular formula is C12H15ClO. The maximum Gasteiger partial charge on any atom is 0.105 e. The zero-order chi connectivity index (χ0) is 10.8. The second-order valence-corrected chi connectivity index (χ2v) is 4.32. The van der Waals surface area contributed by atoms with E-state index in [1.807, 2.05) is 32.1 Å². The van der Waals surface area contributed by atoms with Gasteiger partial charge in [0.1, 0.15) is 5.60 Å². The molecule has 1 atom stereocenters. The van der Waals surface area contributed by atoms with Crippen LogP contribution < -0.4 is 0 Å². The van der Waals surface area contributed by atoms with Crippen LogP contribution in [0.3, 0.4) is 0 Å². The Morgan fingerprint density at radius 2 is 2.07 bits per heavy atom. The van der Waals surface area contributed by atoms with Gasteiger partial charge in [0.05, 0.1) is 0 Å². The fourth-order valence-electron chi connectivity index (χ4n) is 1.45. The summed E-state index contributed by atoms with van der Waals surface area (Å²) in [5.41, 5.74) is 0.949. The van der Waals surface area contributed by atoms with Crippen LogP contribution in [-0.2, 0) is 5.60 Å². The van der Waals surface area contributed by atoms with Crippen LogP contribution in [0.2, 0.25) is 5.02 Å². The molecular weight excluding hydrogens is 196 g/mol. The molecule has 1 N–H and O–H groups in total. The van der Waals surface area contributed by atoms with E-state index in [0.717, 1.165) is 11.1 Å². The molecule has 1 unspecified atom stereocenters. The monoisotopic (exact) mass is 210 g/mol. The van der Waals surface area contributed by atoms with Gasteiger partial charge in [0.25, 0.3) is 0 Å². The minimum Gasteiger partial charge on any atom is -0.381 e. The average molecular weight is 211 g/mol. The van der Waals surface area contributed by atoms with Crippen LogP contribution >= 0.6 is 11.6 Å². The van der Waals surface area contributed by atoms with Gasteiger partial charge in [0.2, 0.25) is 0 Å². The van der Waals surface area contributed by atoms with Gasteiger partial charge in [0.15, 0.2) is 0 Å². The van der Waals surface area contributed by atoms with Crippen molar-refractivity contribution >= 4 is 11.6 Å². The van der Waals surface area contributed by atoms with E-state index in [0.29, 0.717) is 5.02 Å². The molecule has 0 heterocycles. The van der Waals surface area contributed by atoms with Gasteiger partial charge in [-0.05, 0) is 38.5 Å². The molecule has 14 heavy (non-hydrogen) atoms. The van der Waals surface area contributed by atoms with E-state index < -0.39 is 5.60 Å². The lowest BCUT2D eigenvalue weighted by Gasteiger charge is -2.20. The molecule has 1 rings (SSSR count). The van der Waals surface area contributed by atoms with Crippen molar-refractivity contribution < 1.29 is 5.11 Å². The summed E-state index contributed by atoms with van der Waals surface area (Å²) in [6.45, 7) is 5.67. The predicted molar refractivity (Wildman–Crippen MR) is 60.5 cm³/mol. The second kappa shape index (κ2) is 4.16. The standard InChI is InChI=1S/C12H15ClO/c1-9(2)8-12(3,14)10-5-4-6-11(13)7-10/h4-8,14H,1-3H3. The molecule has 0 saturated heterocycles. The maximum absolute atomic E-state index is 10.1. The Labute approximate surface area is 90.0 Å². The molecule has 76 valence electrons. The minimum atomic E-state index is -0.941. The highest BCUT2D eigenvalue weighted by Gasteiger charge is 2.19. The van der Waals surface area contributed by atoms with E-state index in [2.05, 4.69) is 0 Å². The van der Waals surface area contributed by atoms with E-state index in [9.17, 15) is 5.11 Å². The van der Waals surface area contributed by atoms with Crippen molar-refractivity contribution in [2.75, 3.05) is 0 Å². The molecule has 0 aliphatic rings. The Balaban J connectivity index is 3.09. The summed E-state index contributed by atoms with van der Waals surface area (Å²) in [5.74, 6) is 0. The van der Waals surface area contributed by atoms with E-state index in [1.165, 1.54) is 0 Å². The Kier molecular flexibility index (Phi) is 3.35. The third-order valence-corrected chi connectivity index (χ3v) is 2.21. The predicted octanol–water partition coefficient (Wildman–Crippen LogP) is 3.51. The molecule has 0 aliphatic heterocycles. The van der Waals surface area contributed by atoms with Gasteiger partial charge in [-0.25, -0.2) is 0 Å². The Morgan fingerprint density at radius 1 is 1.43 bits per heavy atom. The summed E-state index contributed by atoms with van der Waals surface area (Å²) in [5, 5.41) is 10.8. The second-order valence-electron chi connectivity index (χ2n) is 3.88. The lowest BCUT2D eigenvalue weighted by Crippen LogP contribution is -2.18. The summed E-state index contributed by atoms with van der Waals surface area (Å²) in [4.78, 5) is 0. The van der Waals surface area contributed by atoms with Crippen molar-refractivity contribution in [3.63, 3.8) is 0 Å². The van der Waals surface area contributed by atoms with E-state index in [-0.39, 0.29) is 0 Å². The van der Waals surface area contributed by atoms with Crippen molar-refractivity contribution in [2.45, 2.75) is 26.4 Å². The molecule has 2 heteroatoms. The summed E-state index contributed by atoms with van der Waals surface area (Å²) < 4.78 is 0. The molecule has 0 aromatic heterocycles. The Hall–Kier alpha value is -0.790. The third-order valence-electron chi connectivity index (χ3n) is 1.98. The van der Waals surface area contributed by atoms with Crippen LogP contribution in [0, 0.1) is 0 Å². The third kappa shape index (κ3) is 2.86. The lowest BCUT2D eigenvalue weighted by molar-refractivity contribution is 0.110. The summed E-state index contributed by atoms with van der Waals surface area (Å²) >= 11 is 5.86. The summed E-state index contributed by atoms with van der Waals surface area (Å²) in [6, 6.07) is 7.28.